The van der Waals surface area contributed by atoms with Crippen LogP contribution < -0.4 is 0 Å². The summed E-state index contributed by atoms with van der Waals surface area (Å²) in [4.78, 5) is 10.2. The Morgan fingerprint density at radius 2 is 2.09 bits per heavy atom. The van der Waals surface area contributed by atoms with E-state index in [1.165, 1.54) is 0 Å². The molecular formula is C8H18NO2+. The molecule has 1 atom stereocenters. The summed E-state index contributed by atoms with van der Waals surface area (Å²) in [6.45, 7) is 3.05. The van der Waals surface area contributed by atoms with Gasteiger partial charge in [-0.05, 0) is 6.42 Å². The van der Waals surface area contributed by atoms with Crippen LogP contribution in [0.15, 0.2) is 0 Å². The fourth-order valence-electron chi connectivity index (χ4n) is 0.976. The van der Waals surface area contributed by atoms with Crippen molar-refractivity contribution < 1.29 is 14.4 Å². The summed E-state index contributed by atoms with van der Waals surface area (Å²) < 4.78 is 0.568. The van der Waals surface area contributed by atoms with Crippen molar-refractivity contribution in [3.8, 4) is 0 Å². The molecule has 3 heteroatoms. The minimum Gasteiger partial charge on any atom is -0.387 e. The summed E-state index contributed by atoms with van der Waals surface area (Å²) in [7, 11) is 3.88. The van der Waals surface area contributed by atoms with E-state index in [0.717, 1.165) is 12.7 Å². The molecule has 0 aromatic rings. The minimum atomic E-state index is -0.287. The molecule has 0 spiro atoms. The number of aliphatic hydroxyl groups excluding tert-OH is 1. The van der Waals surface area contributed by atoms with Crippen LogP contribution in [0.3, 0.4) is 0 Å². The van der Waals surface area contributed by atoms with Crippen molar-refractivity contribution in [2.75, 3.05) is 27.2 Å². The van der Waals surface area contributed by atoms with Crippen LogP contribution in [-0.4, -0.2) is 49.2 Å². The van der Waals surface area contributed by atoms with Crippen LogP contribution in [0.5, 0.6) is 0 Å². The van der Waals surface area contributed by atoms with Crippen molar-refractivity contribution in [3.63, 3.8) is 0 Å². The summed E-state index contributed by atoms with van der Waals surface area (Å²) in [6.07, 6.45) is 1.35. The highest BCUT2D eigenvalue weighted by atomic mass is 16.3. The van der Waals surface area contributed by atoms with Crippen LogP contribution in [-0.2, 0) is 4.79 Å². The van der Waals surface area contributed by atoms with Crippen molar-refractivity contribution in [2.45, 2.75) is 19.4 Å². The van der Waals surface area contributed by atoms with Gasteiger partial charge in [0.1, 0.15) is 19.2 Å². The molecule has 0 amide bonds. The maximum Gasteiger partial charge on any atom is 0.174 e. The fraction of sp³-hybridized carbons (Fsp3) is 0.875. The normalized spacial score (nSPS) is 14.5. The molecule has 0 saturated carbocycles. The van der Waals surface area contributed by atoms with Crippen LogP contribution in [0.25, 0.3) is 0 Å². The minimum absolute atomic E-state index is 0.287. The van der Waals surface area contributed by atoms with Gasteiger partial charge in [-0.3, -0.25) is 4.79 Å². The molecule has 1 N–H and O–H groups in total. The standard InChI is InChI=1S/C8H18NO2/c1-4-8(11)7-9(2,3)5-6-10/h6,8,11H,4-5,7H2,1-3H3/q+1. The SMILES string of the molecule is CCC(O)C[N+](C)(C)CC=O. The molecule has 0 fully saturated rings. The summed E-state index contributed by atoms with van der Waals surface area (Å²) >= 11 is 0. The molecule has 0 saturated heterocycles. The maximum absolute atomic E-state index is 10.2. The van der Waals surface area contributed by atoms with Crippen LogP contribution in [0.4, 0.5) is 0 Å². The molecule has 0 aromatic heterocycles. The largest absolute Gasteiger partial charge is 0.387 e. The van der Waals surface area contributed by atoms with E-state index in [1.807, 2.05) is 21.0 Å². The predicted octanol–water partition coefficient (Wildman–Crippen LogP) is 0.0326. The Kier molecular flexibility index (Phi) is 4.30. The predicted molar refractivity (Wildman–Crippen MR) is 44.2 cm³/mol. The topological polar surface area (TPSA) is 37.3 Å². The van der Waals surface area contributed by atoms with Gasteiger partial charge in [-0.2, -0.15) is 0 Å². The van der Waals surface area contributed by atoms with E-state index >= 15 is 0 Å². The number of hydrogen-bond acceptors (Lipinski definition) is 2. The molecule has 0 heterocycles. The third kappa shape index (κ3) is 4.93. The van der Waals surface area contributed by atoms with Crippen LogP contribution >= 0.6 is 0 Å². The summed E-state index contributed by atoms with van der Waals surface area (Å²) in [5.41, 5.74) is 0. The number of likely N-dealkylation sites (N-methyl/N-ethyl adjacent to an activating group) is 1. The molecular weight excluding hydrogens is 142 g/mol. The summed E-state index contributed by atoms with van der Waals surface area (Å²) in [5, 5.41) is 9.29. The van der Waals surface area contributed by atoms with Gasteiger partial charge in [-0.25, -0.2) is 0 Å². The first-order valence-electron chi connectivity index (χ1n) is 3.95. The molecule has 0 rings (SSSR count). The first kappa shape index (κ1) is 10.6. The number of carbonyl (C=O) groups is 1. The van der Waals surface area contributed by atoms with Gasteiger partial charge in [-0.1, -0.05) is 6.92 Å². The second kappa shape index (κ2) is 4.46. The van der Waals surface area contributed by atoms with Gasteiger partial charge in [0.15, 0.2) is 6.29 Å². The van der Waals surface area contributed by atoms with Crippen molar-refractivity contribution in [3.05, 3.63) is 0 Å². The lowest BCUT2D eigenvalue weighted by atomic mass is 10.2. The first-order valence-corrected chi connectivity index (χ1v) is 3.95. The molecule has 0 bridgehead atoms. The number of nitrogens with zero attached hydrogens (tertiary/aromatic N) is 1. The molecule has 3 nitrogen and oxygen atoms in total. The lowest BCUT2D eigenvalue weighted by Crippen LogP contribution is -2.46. The zero-order chi connectivity index (χ0) is 8.91. The molecule has 0 aliphatic carbocycles. The smallest absolute Gasteiger partial charge is 0.174 e. The van der Waals surface area contributed by atoms with Crippen molar-refractivity contribution in [2.24, 2.45) is 0 Å². The van der Waals surface area contributed by atoms with E-state index in [9.17, 15) is 9.90 Å². The third-order valence-electron chi connectivity index (χ3n) is 1.75. The van der Waals surface area contributed by atoms with E-state index in [4.69, 9.17) is 0 Å². The van der Waals surface area contributed by atoms with Crippen LogP contribution in [0.1, 0.15) is 13.3 Å². The van der Waals surface area contributed by atoms with E-state index in [2.05, 4.69) is 0 Å². The van der Waals surface area contributed by atoms with Crippen molar-refractivity contribution in [1.82, 2.24) is 0 Å². The zero-order valence-corrected chi connectivity index (χ0v) is 7.58. The van der Waals surface area contributed by atoms with Crippen LogP contribution in [0.2, 0.25) is 0 Å². The highest BCUT2D eigenvalue weighted by Gasteiger charge is 2.18. The fourth-order valence-corrected chi connectivity index (χ4v) is 0.976. The van der Waals surface area contributed by atoms with E-state index in [0.29, 0.717) is 17.6 Å². The first-order chi connectivity index (χ1) is 5.02. The Morgan fingerprint density at radius 1 is 1.55 bits per heavy atom. The average molecular weight is 160 g/mol. The highest BCUT2D eigenvalue weighted by Crippen LogP contribution is 2.00. The van der Waals surface area contributed by atoms with Gasteiger partial charge in [0.25, 0.3) is 0 Å². The Bertz CT molecular complexity index is 123. The Hall–Kier alpha value is -0.410. The molecule has 11 heavy (non-hydrogen) atoms. The zero-order valence-electron chi connectivity index (χ0n) is 7.58. The van der Waals surface area contributed by atoms with Crippen molar-refractivity contribution >= 4 is 6.29 Å². The van der Waals surface area contributed by atoms with E-state index in [-0.39, 0.29) is 6.10 Å². The van der Waals surface area contributed by atoms with Crippen molar-refractivity contribution in [1.29, 1.82) is 0 Å². The molecule has 0 aliphatic heterocycles. The Labute approximate surface area is 68.2 Å². The summed E-state index contributed by atoms with van der Waals surface area (Å²) in [6, 6.07) is 0. The van der Waals surface area contributed by atoms with Gasteiger partial charge < -0.3 is 9.59 Å². The number of hydrogen-bond donors (Lipinski definition) is 1. The maximum atomic E-state index is 10.2. The lowest BCUT2D eigenvalue weighted by molar-refractivity contribution is -0.884. The Balaban J connectivity index is 3.79. The molecule has 0 aliphatic rings. The van der Waals surface area contributed by atoms with Crippen LogP contribution in [0, 0.1) is 0 Å². The lowest BCUT2D eigenvalue weighted by Gasteiger charge is -2.29. The average Bonchev–Trinajstić information content (AvgIpc) is 1.86. The number of aliphatic hydroxyl groups is 1. The quantitative estimate of drug-likeness (QED) is 0.455. The van der Waals surface area contributed by atoms with E-state index < -0.39 is 0 Å². The highest BCUT2D eigenvalue weighted by molar-refractivity contribution is 5.50. The number of carbonyl (C=O) groups excluding carboxylic acids is 1. The van der Waals surface area contributed by atoms with Gasteiger partial charge in [0.2, 0.25) is 0 Å². The number of quaternary nitrogens is 1. The molecule has 0 radical (unpaired) electrons. The number of rotatable bonds is 5. The summed E-state index contributed by atoms with van der Waals surface area (Å²) in [5.74, 6) is 0. The molecule has 66 valence electrons. The van der Waals surface area contributed by atoms with Gasteiger partial charge >= 0.3 is 0 Å². The van der Waals surface area contributed by atoms with Gasteiger partial charge in [-0.15, -0.1) is 0 Å². The number of aldehydes is 1. The van der Waals surface area contributed by atoms with Gasteiger partial charge in [0, 0.05) is 0 Å². The molecule has 0 aromatic carbocycles. The monoisotopic (exact) mass is 160 g/mol. The Morgan fingerprint density at radius 3 is 2.45 bits per heavy atom. The third-order valence-corrected chi connectivity index (χ3v) is 1.75. The second-order valence-corrected chi connectivity index (χ2v) is 3.53. The van der Waals surface area contributed by atoms with Gasteiger partial charge in [0.05, 0.1) is 14.1 Å². The molecule has 1 unspecified atom stereocenters. The van der Waals surface area contributed by atoms with E-state index in [1.54, 1.807) is 0 Å². The second-order valence-electron chi connectivity index (χ2n) is 3.53.